The van der Waals surface area contributed by atoms with Crippen molar-refractivity contribution in [2.75, 3.05) is 65.2 Å². The van der Waals surface area contributed by atoms with Gasteiger partial charge < -0.3 is 38.5 Å². The second-order valence-electron chi connectivity index (χ2n) is 9.93. The number of nitrogens with one attached hydrogen (secondary N) is 1. The molecule has 0 unspecified atom stereocenters. The fourth-order valence-electron chi connectivity index (χ4n) is 4.74. The van der Waals surface area contributed by atoms with Crippen LogP contribution in [0.5, 0.6) is 0 Å². The molecule has 43 heavy (non-hydrogen) atoms. The highest BCUT2D eigenvalue weighted by molar-refractivity contribution is 5.86. The quantitative estimate of drug-likeness (QED) is 0.130. The summed E-state index contributed by atoms with van der Waals surface area (Å²) in [7, 11) is 3.31. The number of carboxylic acid groups (broad SMARTS) is 1. The predicted molar refractivity (Wildman–Crippen MR) is 162 cm³/mol. The normalized spacial score (nSPS) is 11.3. The van der Waals surface area contributed by atoms with Crippen LogP contribution in [0.25, 0.3) is 33.4 Å². The van der Waals surface area contributed by atoms with E-state index in [4.69, 9.17) is 28.7 Å². The molecular weight excluding hydrogens is 556 g/mol. The molecule has 0 fully saturated rings. The van der Waals surface area contributed by atoms with Crippen molar-refractivity contribution in [3.05, 3.63) is 59.0 Å². The van der Waals surface area contributed by atoms with Gasteiger partial charge in [-0.15, -0.1) is 0 Å². The number of ether oxygens (including phenoxy) is 3. The molecule has 1 amide bonds. The van der Waals surface area contributed by atoms with Crippen LogP contribution in [-0.4, -0.2) is 86.8 Å². The van der Waals surface area contributed by atoms with Crippen LogP contribution in [0.15, 0.2) is 57.7 Å². The number of aromatic nitrogens is 2. The second kappa shape index (κ2) is 15.8. The lowest BCUT2D eigenvalue weighted by Gasteiger charge is -2.24. The van der Waals surface area contributed by atoms with Crippen molar-refractivity contribution in [1.29, 1.82) is 0 Å². The van der Waals surface area contributed by atoms with Gasteiger partial charge in [-0.25, -0.2) is 9.78 Å². The zero-order valence-electron chi connectivity index (χ0n) is 24.5. The predicted octanol–water partition coefficient (Wildman–Crippen LogP) is 3.30. The van der Waals surface area contributed by atoms with E-state index in [0.717, 1.165) is 22.1 Å². The molecule has 0 aliphatic heterocycles. The summed E-state index contributed by atoms with van der Waals surface area (Å²) in [5.41, 5.74) is 2.80. The van der Waals surface area contributed by atoms with E-state index in [0.29, 0.717) is 62.8 Å². The summed E-state index contributed by atoms with van der Waals surface area (Å²) in [4.78, 5) is 43.1. The maximum absolute atomic E-state index is 13.3. The number of hydrogen-bond acceptors (Lipinski definition) is 9. The van der Waals surface area contributed by atoms with E-state index >= 15 is 0 Å². The average molecular weight is 595 g/mol. The number of benzene rings is 2. The van der Waals surface area contributed by atoms with Gasteiger partial charge in [0.05, 0.1) is 43.9 Å². The summed E-state index contributed by atoms with van der Waals surface area (Å²) in [5.74, 6) is -0.585. The van der Waals surface area contributed by atoms with Gasteiger partial charge in [0.2, 0.25) is 5.91 Å². The molecule has 0 spiro atoms. The molecule has 4 aromatic rings. The molecule has 2 N–H and O–H groups in total. The Hall–Kier alpha value is -4.26. The smallest absolute Gasteiger partial charge is 0.347 e. The van der Waals surface area contributed by atoms with Gasteiger partial charge in [-0.2, -0.15) is 0 Å². The molecule has 0 bridgehead atoms. The molecular formula is C31H38N4O8. The molecule has 12 heteroatoms. The Morgan fingerprint density at radius 1 is 1.00 bits per heavy atom. The van der Waals surface area contributed by atoms with E-state index in [9.17, 15) is 14.4 Å². The van der Waals surface area contributed by atoms with Crippen LogP contribution in [0, 0.1) is 0 Å². The lowest BCUT2D eigenvalue weighted by atomic mass is 10.1. The number of para-hydroxylation sites is 2. The van der Waals surface area contributed by atoms with Crippen LogP contribution in [0.3, 0.4) is 0 Å². The van der Waals surface area contributed by atoms with Crippen LogP contribution in [0.2, 0.25) is 0 Å². The summed E-state index contributed by atoms with van der Waals surface area (Å²) in [5, 5.41) is 12.2. The fraction of sp³-hybridized carbons (Fsp3) is 0.419. The number of methoxy groups -OCH3 is 2. The van der Waals surface area contributed by atoms with E-state index in [2.05, 4.69) is 10.2 Å². The summed E-state index contributed by atoms with van der Waals surface area (Å²) in [6, 6.07) is 15.2. The van der Waals surface area contributed by atoms with Gasteiger partial charge in [-0.1, -0.05) is 12.1 Å². The third-order valence-electron chi connectivity index (χ3n) is 6.93. The standard InChI is InChI=1S/C31H38N4O8/c1-40-18-14-34(15-19-41-2)23-10-9-22-20-24(31(39)43-27(22)21-23)30-33-25-6-3-4-7-26(25)35(30)13-5-8-28(36)32-12-17-42-16-11-29(37)38/h3-4,6-7,9-10,20-21H,5,8,11-19H2,1-2H3,(H,32,36)(H,37,38). The average Bonchev–Trinajstić information content (AvgIpc) is 3.36. The maximum atomic E-state index is 13.3. The lowest BCUT2D eigenvalue weighted by molar-refractivity contribution is -0.138. The monoisotopic (exact) mass is 594 g/mol. The van der Waals surface area contributed by atoms with Crippen LogP contribution in [-0.2, 0) is 30.3 Å². The number of nitrogens with zero attached hydrogens (tertiary/aromatic N) is 3. The third-order valence-corrected chi connectivity index (χ3v) is 6.93. The molecule has 0 aliphatic carbocycles. The minimum absolute atomic E-state index is 0.0753. The molecule has 0 atom stereocenters. The van der Waals surface area contributed by atoms with E-state index < -0.39 is 11.6 Å². The number of carbonyl (C=O) groups is 2. The summed E-state index contributed by atoms with van der Waals surface area (Å²) in [6.45, 7) is 3.53. The van der Waals surface area contributed by atoms with Crippen molar-refractivity contribution in [2.24, 2.45) is 0 Å². The Kier molecular flexibility index (Phi) is 11.7. The van der Waals surface area contributed by atoms with Crippen LogP contribution in [0.1, 0.15) is 19.3 Å². The first kappa shape index (κ1) is 31.7. The molecule has 0 saturated heterocycles. The SMILES string of the molecule is COCCN(CCOC)c1ccc2cc(-c3nc4ccccc4n3CCCC(=O)NCCOCCC(=O)O)c(=O)oc2c1. The fourth-order valence-corrected chi connectivity index (χ4v) is 4.74. The second-order valence-corrected chi connectivity index (χ2v) is 9.93. The summed E-state index contributed by atoms with van der Waals surface area (Å²) >= 11 is 0. The van der Waals surface area contributed by atoms with Gasteiger partial charge in [0.25, 0.3) is 0 Å². The van der Waals surface area contributed by atoms with Gasteiger partial charge in [0.15, 0.2) is 0 Å². The number of hydrogen-bond donors (Lipinski definition) is 2. The van der Waals surface area contributed by atoms with E-state index in [1.54, 1.807) is 20.3 Å². The topological polar surface area (TPSA) is 145 Å². The Balaban J connectivity index is 1.50. The van der Waals surface area contributed by atoms with E-state index in [1.807, 2.05) is 47.0 Å². The van der Waals surface area contributed by atoms with Gasteiger partial charge in [0.1, 0.15) is 17.0 Å². The number of imidazole rings is 1. The van der Waals surface area contributed by atoms with Gasteiger partial charge >= 0.3 is 11.6 Å². The molecule has 2 heterocycles. The molecule has 0 saturated carbocycles. The lowest BCUT2D eigenvalue weighted by Crippen LogP contribution is -2.30. The number of fused-ring (bicyclic) bond motifs is 2. The number of carbonyl (C=O) groups excluding carboxylic acids is 1. The van der Waals surface area contributed by atoms with Crippen molar-refractivity contribution < 1.29 is 33.3 Å². The van der Waals surface area contributed by atoms with Crippen LogP contribution in [0.4, 0.5) is 5.69 Å². The number of carboxylic acids is 1. The van der Waals surface area contributed by atoms with E-state index in [1.165, 1.54) is 0 Å². The molecule has 230 valence electrons. The van der Waals surface area contributed by atoms with Gasteiger partial charge in [-0.3, -0.25) is 9.59 Å². The number of anilines is 1. The highest BCUT2D eigenvalue weighted by Gasteiger charge is 2.18. The molecule has 0 radical (unpaired) electrons. The Morgan fingerprint density at radius 3 is 2.51 bits per heavy atom. The van der Waals surface area contributed by atoms with Crippen molar-refractivity contribution in [2.45, 2.75) is 25.8 Å². The van der Waals surface area contributed by atoms with Crippen LogP contribution >= 0.6 is 0 Å². The number of aryl methyl sites for hydroxylation is 1. The third kappa shape index (κ3) is 8.63. The Labute approximate surface area is 249 Å². The highest BCUT2D eigenvalue weighted by atomic mass is 16.5. The van der Waals surface area contributed by atoms with Crippen LogP contribution < -0.4 is 15.8 Å². The first-order valence-corrected chi connectivity index (χ1v) is 14.2. The number of aliphatic carboxylic acids is 1. The molecule has 2 aromatic heterocycles. The summed E-state index contributed by atoms with van der Waals surface area (Å²) < 4.78 is 23.5. The van der Waals surface area contributed by atoms with Crippen molar-refractivity contribution >= 4 is 39.6 Å². The first-order chi connectivity index (χ1) is 20.9. The van der Waals surface area contributed by atoms with Gasteiger partial charge in [0, 0.05) is 64.0 Å². The molecule has 0 aliphatic rings. The zero-order chi connectivity index (χ0) is 30.6. The van der Waals surface area contributed by atoms with Gasteiger partial charge in [-0.05, 0) is 36.8 Å². The summed E-state index contributed by atoms with van der Waals surface area (Å²) in [6.07, 6.45) is 0.701. The van der Waals surface area contributed by atoms with Crippen molar-refractivity contribution in [1.82, 2.24) is 14.9 Å². The maximum Gasteiger partial charge on any atom is 0.347 e. The largest absolute Gasteiger partial charge is 0.481 e. The Bertz CT molecular complexity index is 1570. The molecule has 12 nitrogen and oxygen atoms in total. The first-order valence-electron chi connectivity index (χ1n) is 14.2. The zero-order valence-corrected chi connectivity index (χ0v) is 24.5. The molecule has 4 rings (SSSR count). The van der Waals surface area contributed by atoms with Crippen molar-refractivity contribution in [3.8, 4) is 11.4 Å². The van der Waals surface area contributed by atoms with Crippen molar-refractivity contribution in [3.63, 3.8) is 0 Å². The number of amides is 1. The minimum atomic E-state index is -0.926. The Morgan fingerprint density at radius 2 is 1.77 bits per heavy atom. The van der Waals surface area contributed by atoms with E-state index in [-0.39, 0.29) is 32.0 Å². The minimum Gasteiger partial charge on any atom is -0.481 e. The highest BCUT2D eigenvalue weighted by Crippen LogP contribution is 2.28. The number of rotatable bonds is 18. The molecule has 2 aromatic carbocycles.